The predicted molar refractivity (Wildman–Crippen MR) is 78.2 cm³/mol. The van der Waals surface area contributed by atoms with Gasteiger partial charge in [-0.15, -0.1) is 0 Å². The molecule has 0 unspecified atom stereocenters. The number of ether oxygens (including phenoxy) is 1. The Morgan fingerprint density at radius 2 is 1.72 bits per heavy atom. The van der Waals surface area contributed by atoms with Crippen molar-refractivity contribution in [2.75, 3.05) is 7.11 Å². The molecule has 2 aromatic carbocycles. The number of hydrogen-bond donors (Lipinski definition) is 0. The molecule has 0 bridgehead atoms. The molecule has 0 atom stereocenters. The first kappa shape index (κ1) is 13.5. The number of methoxy groups -OCH3 is 1. The van der Waals surface area contributed by atoms with Crippen molar-refractivity contribution in [3.05, 3.63) is 51.0 Å². The summed E-state index contributed by atoms with van der Waals surface area (Å²) in [7, 11) is 1.64. The number of hydrogen-bond acceptors (Lipinski definition) is 1. The highest BCUT2D eigenvalue weighted by atomic mass is 35.5. The van der Waals surface area contributed by atoms with Gasteiger partial charge in [0.2, 0.25) is 0 Å². The van der Waals surface area contributed by atoms with Crippen LogP contribution in [-0.2, 0) is 0 Å². The molecule has 4 heteroatoms. The van der Waals surface area contributed by atoms with E-state index in [1.165, 1.54) is 0 Å². The molecule has 0 aromatic heterocycles. The zero-order valence-corrected chi connectivity index (χ0v) is 12.2. The van der Waals surface area contributed by atoms with E-state index in [-0.39, 0.29) is 0 Å². The van der Waals surface area contributed by atoms with E-state index in [1.54, 1.807) is 19.2 Å². The summed E-state index contributed by atoms with van der Waals surface area (Å²) in [6.07, 6.45) is 0. The molecule has 0 N–H and O–H groups in total. The van der Waals surface area contributed by atoms with Gasteiger partial charge in [0, 0.05) is 10.6 Å². The standard InChI is InChI=1S/C14H11Cl3O/c1-8-3-4-9(5-13(8)18-2)11-6-10(15)7-12(16)14(11)17/h3-7H,1-2H3. The van der Waals surface area contributed by atoms with E-state index >= 15 is 0 Å². The molecule has 0 heterocycles. The van der Waals surface area contributed by atoms with Crippen LogP contribution in [-0.4, -0.2) is 7.11 Å². The van der Waals surface area contributed by atoms with E-state index in [4.69, 9.17) is 39.5 Å². The molecule has 0 amide bonds. The fraction of sp³-hybridized carbons (Fsp3) is 0.143. The number of halogens is 3. The Hall–Kier alpha value is -0.890. The monoisotopic (exact) mass is 300 g/mol. The molecular formula is C14H11Cl3O. The molecular weight excluding hydrogens is 291 g/mol. The number of benzene rings is 2. The summed E-state index contributed by atoms with van der Waals surface area (Å²) < 4.78 is 5.30. The Balaban J connectivity index is 2.62. The molecule has 0 aliphatic rings. The van der Waals surface area contributed by atoms with Crippen LogP contribution in [0.25, 0.3) is 11.1 Å². The molecule has 94 valence electrons. The molecule has 0 radical (unpaired) electrons. The number of aryl methyl sites for hydroxylation is 1. The molecule has 2 aromatic rings. The minimum Gasteiger partial charge on any atom is -0.496 e. The topological polar surface area (TPSA) is 9.23 Å². The van der Waals surface area contributed by atoms with Crippen LogP contribution in [0.2, 0.25) is 15.1 Å². The van der Waals surface area contributed by atoms with Crippen molar-refractivity contribution < 1.29 is 4.74 Å². The molecule has 0 saturated carbocycles. The summed E-state index contributed by atoms with van der Waals surface area (Å²) in [5.41, 5.74) is 2.78. The van der Waals surface area contributed by atoms with Crippen molar-refractivity contribution in [3.63, 3.8) is 0 Å². The Morgan fingerprint density at radius 3 is 2.39 bits per heavy atom. The van der Waals surface area contributed by atoms with Crippen molar-refractivity contribution in [2.24, 2.45) is 0 Å². The van der Waals surface area contributed by atoms with E-state index in [0.717, 1.165) is 22.4 Å². The average molecular weight is 302 g/mol. The highest BCUT2D eigenvalue weighted by Crippen LogP contribution is 2.38. The molecule has 0 aliphatic carbocycles. The maximum atomic E-state index is 6.20. The molecule has 1 nitrogen and oxygen atoms in total. The summed E-state index contributed by atoms with van der Waals surface area (Å²) in [6.45, 7) is 1.98. The largest absolute Gasteiger partial charge is 0.496 e. The van der Waals surface area contributed by atoms with Crippen molar-refractivity contribution in [3.8, 4) is 16.9 Å². The van der Waals surface area contributed by atoms with Gasteiger partial charge in [-0.2, -0.15) is 0 Å². The fourth-order valence-electron chi connectivity index (χ4n) is 1.75. The highest BCUT2D eigenvalue weighted by molar-refractivity contribution is 6.45. The van der Waals surface area contributed by atoms with Gasteiger partial charge in [-0.05, 0) is 36.2 Å². The van der Waals surface area contributed by atoms with Gasteiger partial charge in [-0.25, -0.2) is 0 Å². The van der Waals surface area contributed by atoms with E-state index in [1.807, 2.05) is 25.1 Å². The first-order chi connectivity index (χ1) is 8.52. The van der Waals surface area contributed by atoms with Gasteiger partial charge in [-0.1, -0.05) is 46.9 Å². The lowest BCUT2D eigenvalue weighted by Crippen LogP contribution is -1.89. The first-order valence-electron chi connectivity index (χ1n) is 5.32. The Morgan fingerprint density at radius 1 is 1.00 bits per heavy atom. The fourth-order valence-corrected chi connectivity index (χ4v) is 2.47. The summed E-state index contributed by atoms with van der Waals surface area (Å²) in [4.78, 5) is 0. The molecule has 0 spiro atoms. The third-order valence-electron chi connectivity index (χ3n) is 2.71. The number of rotatable bonds is 2. The molecule has 0 saturated heterocycles. The van der Waals surface area contributed by atoms with Gasteiger partial charge in [-0.3, -0.25) is 0 Å². The molecule has 18 heavy (non-hydrogen) atoms. The smallest absolute Gasteiger partial charge is 0.122 e. The van der Waals surface area contributed by atoms with Crippen LogP contribution < -0.4 is 4.74 Å². The first-order valence-corrected chi connectivity index (χ1v) is 6.46. The van der Waals surface area contributed by atoms with Crippen LogP contribution in [0.15, 0.2) is 30.3 Å². The van der Waals surface area contributed by atoms with Crippen molar-refractivity contribution in [1.82, 2.24) is 0 Å². The summed E-state index contributed by atoms with van der Waals surface area (Å²) in [5.74, 6) is 0.805. The molecule has 0 aliphatic heterocycles. The second-order valence-corrected chi connectivity index (χ2v) is 5.16. The second kappa shape index (κ2) is 5.40. The summed E-state index contributed by atoms with van der Waals surface area (Å²) in [5, 5.41) is 1.49. The van der Waals surface area contributed by atoms with Gasteiger partial charge in [0.05, 0.1) is 17.2 Å². The van der Waals surface area contributed by atoms with Crippen molar-refractivity contribution in [1.29, 1.82) is 0 Å². The lowest BCUT2D eigenvalue weighted by Gasteiger charge is -2.10. The SMILES string of the molecule is COc1cc(-c2cc(Cl)cc(Cl)c2Cl)ccc1C. The van der Waals surface area contributed by atoms with Gasteiger partial charge in [0.25, 0.3) is 0 Å². The minimum absolute atomic E-state index is 0.443. The van der Waals surface area contributed by atoms with Crippen LogP contribution in [0.1, 0.15) is 5.56 Å². The average Bonchev–Trinajstić information content (AvgIpc) is 2.34. The Labute approximate surface area is 121 Å². The third kappa shape index (κ3) is 2.59. The van der Waals surface area contributed by atoms with Gasteiger partial charge < -0.3 is 4.74 Å². The van der Waals surface area contributed by atoms with Crippen molar-refractivity contribution in [2.45, 2.75) is 6.92 Å². The maximum Gasteiger partial charge on any atom is 0.122 e. The van der Waals surface area contributed by atoms with Crippen molar-refractivity contribution >= 4 is 34.8 Å². The molecule has 2 rings (SSSR count). The Bertz CT molecular complexity index is 594. The van der Waals surface area contributed by atoms with Gasteiger partial charge in [0.1, 0.15) is 5.75 Å². The zero-order chi connectivity index (χ0) is 13.3. The lowest BCUT2D eigenvalue weighted by atomic mass is 10.0. The lowest BCUT2D eigenvalue weighted by molar-refractivity contribution is 0.412. The maximum absolute atomic E-state index is 6.20. The van der Waals surface area contributed by atoms with Crippen LogP contribution >= 0.6 is 34.8 Å². The highest BCUT2D eigenvalue weighted by Gasteiger charge is 2.10. The van der Waals surface area contributed by atoms with Crippen LogP contribution in [0, 0.1) is 6.92 Å². The van der Waals surface area contributed by atoms with E-state index in [0.29, 0.717) is 15.1 Å². The second-order valence-electron chi connectivity index (χ2n) is 3.93. The molecule has 0 fully saturated rings. The van der Waals surface area contributed by atoms with Crippen LogP contribution in [0.3, 0.4) is 0 Å². The minimum atomic E-state index is 0.443. The van der Waals surface area contributed by atoms with Crippen LogP contribution in [0.5, 0.6) is 5.75 Å². The predicted octanol–water partition coefficient (Wildman–Crippen LogP) is 5.63. The van der Waals surface area contributed by atoms with Gasteiger partial charge >= 0.3 is 0 Å². The summed E-state index contributed by atoms with van der Waals surface area (Å²) in [6, 6.07) is 9.27. The Kier molecular flexibility index (Phi) is 4.06. The quantitative estimate of drug-likeness (QED) is 0.653. The van der Waals surface area contributed by atoms with E-state index in [2.05, 4.69) is 0 Å². The van der Waals surface area contributed by atoms with E-state index < -0.39 is 0 Å². The van der Waals surface area contributed by atoms with Gasteiger partial charge in [0.15, 0.2) is 0 Å². The third-order valence-corrected chi connectivity index (χ3v) is 3.73. The van der Waals surface area contributed by atoms with E-state index in [9.17, 15) is 0 Å². The normalized spacial score (nSPS) is 10.5. The summed E-state index contributed by atoms with van der Waals surface area (Å²) >= 11 is 18.2. The zero-order valence-electron chi connectivity index (χ0n) is 9.93. The van der Waals surface area contributed by atoms with Crippen LogP contribution in [0.4, 0.5) is 0 Å².